The first-order valence-corrected chi connectivity index (χ1v) is 6.62. The van der Waals surface area contributed by atoms with Crippen molar-refractivity contribution in [1.82, 2.24) is 0 Å². The molecule has 21 heavy (non-hydrogen) atoms. The Morgan fingerprint density at radius 3 is 2.57 bits per heavy atom. The molecule has 0 radical (unpaired) electrons. The second-order valence-corrected chi connectivity index (χ2v) is 4.59. The predicted octanol–water partition coefficient (Wildman–Crippen LogP) is 2.82. The topological polar surface area (TPSA) is 67.6 Å². The van der Waals surface area contributed by atoms with Crippen LogP contribution in [0.2, 0.25) is 0 Å². The van der Waals surface area contributed by atoms with E-state index in [1.807, 2.05) is 42.5 Å². The van der Waals surface area contributed by atoms with E-state index in [9.17, 15) is 4.79 Å². The average molecular weight is 285 g/mol. The van der Waals surface area contributed by atoms with Crippen molar-refractivity contribution >= 4 is 17.4 Å². The van der Waals surface area contributed by atoms with Crippen LogP contribution < -0.4 is 20.7 Å². The normalized spacial score (nSPS) is 10.0. The first-order valence-electron chi connectivity index (χ1n) is 6.62. The van der Waals surface area contributed by atoms with Crippen LogP contribution in [-0.4, -0.2) is 20.2 Å². The highest BCUT2D eigenvalue weighted by Crippen LogP contribution is 2.20. The van der Waals surface area contributed by atoms with Crippen LogP contribution in [0.4, 0.5) is 16.2 Å². The first kappa shape index (κ1) is 14.9. The van der Waals surface area contributed by atoms with Gasteiger partial charge in [-0.25, -0.2) is 4.79 Å². The molecular formula is C16H19N3O2. The molecule has 3 N–H and O–H groups in total. The summed E-state index contributed by atoms with van der Waals surface area (Å²) in [6.07, 6.45) is 0. The summed E-state index contributed by atoms with van der Waals surface area (Å²) < 4.78 is 5.16. The van der Waals surface area contributed by atoms with Gasteiger partial charge in [0.1, 0.15) is 5.75 Å². The van der Waals surface area contributed by atoms with Crippen molar-refractivity contribution in [2.75, 3.05) is 24.4 Å². The molecule has 0 fully saturated rings. The SMILES string of the molecule is COc1cccc(N(C)C(=O)Nc2ccc(CN)cc2)c1. The van der Waals surface area contributed by atoms with Crippen molar-refractivity contribution in [3.63, 3.8) is 0 Å². The highest BCUT2D eigenvalue weighted by molar-refractivity contribution is 6.01. The molecule has 0 aliphatic carbocycles. The number of urea groups is 1. The Hall–Kier alpha value is -2.53. The largest absolute Gasteiger partial charge is 0.497 e. The summed E-state index contributed by atoms with van der Waals surface area (Å²) in [4.78, 5) is 13.7. The predicted molar refractivity (Wildman–Crippen MR) is 84.7 cm³/mol. The number of carbonyl (C=O) groups is 1. The van der Waals surface area contributed by atoms with Crippen LogP contribution >= 0.6 is 0 Å². The van der Waals surface area contributed by atoms with Crippen molar-refractivity contribution < 1.29 is 9.53 Å². The molecule has 2 aromatic carbocycles. The summed E-state index contributed by atoms with van der Waals surface area (Å²) in [6, 6.07) is 14.6. The van der Waals surface area contributed by atoms with Crippen molar-refractivity contribution in [2.45, 2.75) is 6.54 Å². The lowest BCUT2D eigenvalue weighted by Crippen LogP contribution is -2.31. The van der Waals surface area contributed by atoms with E-state index >= 15 is 0 Å². The van der Waals surface area contributed by atoms with Gasteiger partial charge in [0.15, 0.2) is 0 Å². The summed E-state index contributed by atoms with van der Waals surface area (Å²) in [6.45, 7) is 0.484. The van der Waals surface area contributed by atoms with Crippen LogP contribution in [0.25, 0.3) is 0 Å². The van der Waals surface area contributed by atoms with Crippen LogP contribution in [0.5, 0.6) is 5.75 Å². The van der Waals surface area contributed by atoms with E-state index in [1.165, 1.54) is 4.90 Å². The van der Waals surface area contributed by atoms with Crippen molar-refractivity contribution in [3.8, 4) is 5.75 Å². The molecule has 0 bridgehead atoms. The lowest BCUT2D eigenvalue weighted by molar-refractivity contribution is 0.258. The van der Waals surface area contributed by atoms with E-state index in [-0.39, 0.29) is 6.03 Å². The molecule has 0 aromatic heterocycles. The fourth-order valence-corrected chi connectivity index (χ4v) is 1.87. The number of methoxy groups -OCH3 is 1. The number of amides is 2. The molecule has 0 aliphatic heterocycles. The Kier molecular flexibility index (Phi) is 4.79. The van der Waals surface area contributed by atoms with Gasteiger partial charge in [-0.3, -0.25) is 4.90 Å². The fourth-order valence-electron chi connectivity index (χ4n) is 1.87. The zero-order valence-electron chi connectivity index (χ0n) is 12.2. The smallest absolute Gasteiger partial charge is 0.326 e. The molecule has 5 nitrogen and oxygen atoms in total. The molecule has 0 saturated heterocycles. The summed E-state index contributed by atoms with van der Waals surface area (Å²) in [5.41, 5.74) is 8.05. The number of benzene rings is 2. The summed E-state index contributed by atoms with van der Waals surface area (Å²) in [5, 5.41) is 2.83. The van der Waals surface area contributed by atoms with Crippen molar-refractivity contribution in [3.05, 3.63) is 54.1 Å². The standard InChI is InChI=1S/C16H19N3O2/c1-19(14-4-3-5-15(10-14)21-2)16(20)18-13-8-6-12(11-17)7-9-13/h3-10H,11,17H2,1-2H3,(H,18,20). The van der Waals surface area contributed by atoms with E-state index < -0.39 is 0 Å². The van der Waals surface area contributed by atoms with E-state index in [0.29, 0.717) is 12.3 Å². The average Bonchev–Trinajstić information content (AvgIpc) is 2.54. The van der Waals surface area contributed by atoms with Crippen LogP contribution in [0, 0.1) is 0 Å². The van der Waals surface area contributed by atoms with Gasteiger partial charge in [0.25, 0.3) is 0 Å². The number of rotatable bonds is 4. The van der Waals surface area contributed by atoms with Gasteiger partial charge >= 0.3 is 6.03 Å². The molecule has 2 rings (SSSR count). The van der Waals surface area contributed by atoms with Gasteiger partial charge in [-0.15, -0.1) is 0 Å². The second-order valence-electron chi connectivity index (χ2n) is 4.59. The third-order valence-corrected chi connectivity index (χ3v) is 3.19. The van der Waals surface area contributed by atoms with E-state index in [4.69, 9.17) is 10.5 Å². The van der Waals surface area contributed by atoms with Gasteiger partial charge in [0, 0.05) is 31.0 Å². The number of nitrogens with one attached hydrogen (secondary N) is 1. The fraction of sp³-hybridized carbons (Fsp3) is 0.188. The van der Waals surface area contributed by atoms with Gasteiger partial charge in [-0.2, -0.15) is 0 Å². The highest BCUT2D eigenvalue weighted by atomic mass is 16.5. The molecule has 2 amide bonds. The molecule has 0 unspecified atom stereocenters. The van der Waals surface area contributed by atoms with Gasteiger partial charge < -0.3 is 15.8 Å². The van der Waals surface area contributed by atoms with Gasteiger partial charge in [-0.1, -0.05) is 18.2 Å². The summed E-state index contributed by atoms with van der Waals surface area (Å²) >= 11 is 0. The zero-order chi connectivity index (χ0) is 15.2. The number of carbonyl (C=O) groups excluding carboxylic acids is 1. The molecule has 0 saturated carbocycles. The number of hydrogen-bond acceptors (Lipinski definition) is 3. The highest BCUT2D eigenvalue weighted by Gasteiger charge is 2.11. The molecule has 110 valence electrons. The van der Waals surface area contributed by atoms with E-state index in [2.05, 4.69) is 5.32 Å². The second kappa shape index (κ2) is 6.76. The third-order valence-electron chi connectivity index (χ3n) is 3.19. The van der Waals surface area contributed by atoms with Crippen LogP contribution in [-0.2, 0) is 6.54 Å². The Morgan fingerprint density at radius 2 is 1.95 bits per heavy atom. The molecular weight excluding hydrogens is 266 g/mol. The van der Waals surface area contributed by atoms with Crippen molar-refractivity contribution in [1.29, 1.82) is 0 Å². The Morgan fingerprint density at radius 1 is 1.24 bits per heavy atom. The summed E-state index contributed by atoms with van der Waals surface area (Å²) in [7, 11) is 3.30. The summed E-state index contributed by atoms with van der Waals surface area (Å²) in [5.74, 6) is 0.708. The Balaban J connectivity index is 2.07. The minimum Gasteiger partial charge on any atom is -0.497 e. The molecule has 0 atom stereocenters. The maximum absolute atomic E-state index is 12.2. The lowest BCUT2D eigenvalue weighted by atomic mass is 10.2. The maximum Gasteiger partial charge on any atom is 0.326 e. The molecule has 0 spiro atoms. The number of nitrogens with two attached hydrogens (primary N) is 1. The maximum atomic E-state index is 12.2. The number of nitrogens with zero attached hydrogens (tertiary/aromatic N) is 1. The number of hydrogen-bond donors (Lipinski definition) is 2. The molecule has 2 aromatic rings. The molecule has 0 aliphatic rings. The minimum atomic E-state index is -0.219. The number of ether oxygens (including phenoxy) is 1. The van der Waals surface area contributed by atoms with Gasteiger partial charge in [-0.05, 0) is 29.8 Å². The van der Waals surface area contributed by atoms with Crippen molar-refractivity contribution in [2.24, 2.45) is 5.73 Å². The first-order chi connectivity index (χ1) is 10.1. The zero-order valence-corrected chi connectivity index (χ0v) is 12.2. The monoisotopic (exact) mass is 285 g/mol. The lowest BCUT2D eigenvalue weighted by Gasteiger charge is -2.18. The van der Waals surface area contributed by atoms with Gasteiger partial charge in [0.05, 0.1) is 7.11 Å². The third kappa shape index (κ3) is 3.73. The quantitative estimate of drug-likeness (QED) is 0.907. The van der Waals surface area contributed by atoms with E-state index in [0.717, 1.165) is 16.9 Å². The molecule has 5 heteroatoms. The van der Waals surface area contributed by atoms with Crippen LogP contribution in [0.15, 0.2) is 48.5 Å². The molecule has 0 heterocycles. The van der Waals surface area contributed by atoms with Crippen LogP contribution in [0.3, 0.4) is 0 Å². The Bertz CT molecular complexity index is 611. The number of anilines is 2. The van der Waals surface area contributed by atoms with Gasteiger partial charge in [0.2, 0.25) is 0 Å². The van der Waals surface area contributed by atoms with E-state index in [1.54, 1.807) is 20.2 Å². The Labute approximate surface area is 124 Å². The van der Waals surface area contributed by atoms with Crippen LogP contribution in [0.1, 0.15) is 5.56 Å². The minimum absolute atomic E-state index is 0.219.